The molecule has 3 aromatic heterocycles. The van der Waals surface area contributed by atoms with Crippen molar-refractivity contribution in [3.05, 3.63) is 65.1 Å². The molecule has 3 heterocycles. The number of hydrogen-bond acceptors (Lipinski definition) is 7. The molecule has 4 rings (SSSR count). The quantitative estimate of drug-likeness (QED) is 0.546. The van der Waals surface area contributed by atoms with Crippen LogP contribution in [0, 0.1) is 6.92 Å². The van der Waals surface area contributed by atoms with Crippen LogP contribution in [0.3, 0.4) is 0 Å². The lowest BCUT2D eigenvalue weighted by atomic mass is 10.2. The maximum atomic E-state index is 12.4. The maximum Gasteiger partial charge on any atom is 0.268 e. The van der Waals surface area contributed by atoms with Gasteiger partial charge in [-0.3, -0.25) is 9.78 Å². The molecule has 0 unspecified atom stereocenters. The Hall–Kier alpha value is -3.10. The Morgan fingerprint density at radius 1 is 1.26 bits per heavy atom. The van der Waals surface area contributed by atoms with Crippen LogP contribution in [0.4, 0.5) is 5.00 Å². The number of carbonyl (C=O) groups is 1. The fraction of sp³-hybridized carbons (Fsp3) is 0.0556. The number of amides is 1. The number of aromatic nitrogens is 4. The smallest absolute Gasteiger partial charge is 0.268 e. The first kappa shape index (κ1) is 17.3. The van der Waals surface area contributed by atoms with Crippen LogP contribution in [-0.2, 0) is 0 Å². The zero-order valence-corrected chi connectivity index (χ0v) is 15.6. The van der Waals surface area contributed by atoms with E-state index in [1.165, 1.54) is 11.3 Å². The fourth-order valence-electron chi connectivity index (χ4n) is 2.41. The van der Waals surface area contributed by atoms with Crippen molar-refractivity contribution in [1.82, 2.24) is 20.1 Å². The average Bonchev–Trinajstić information content (AvgIpc) is 3.29. The monoisotopic (exact) mass is 397 g/mol. The molecule has 0 aliphatic carbocycles. The lowest BCUT2D eigenvalue weighted by molar-refractivity contribution is 0.102. The van der Waals surface area contributed by atoms with Crippen molar-refractivity contribution in [1.29, 1.82) is 0 Å². The Kier molecular flexibility index (Phi) is 4.66. The minimum atomic E-state index is -0.279. The van der Waals surface area contributed by atoms with Crippen LogP contribution < -0.4 is 5.32 Å². The van der Waals surface area contributed by atoms with Crippen molar-refractivity contribution in [2.75, 3.05) is 5.32 Å². The van der Waals surface area contributed by atoms with Crippen LogP contribution in [0.15, 0.2) is 53.4 Å². The number of rotatable bonds is 4. The molecule has 7 nitrogen and oxygen atoms in total. The molecule has 1 N–H and O–H groups in total. The zero-order valence-electron chi connectivity index (χ0n) is 14.0. The molecule has 0 spiro atoms. The first-order valence-electron chi connectivity index (χ1n) is 7.88. The van der Waals surface area contributed by atoms with E-state index in [1.807, 2.05) is 13.0 Å². The molecule has 0 aliphatic heterocycles. The molecule has 0 atom stereocenters. The van der Waals surface area contributed by atoms with Gasteiger partial charge in [-0.15, -0.1) is 11.3 Å². The van der Waals surface area contributed by atoms with Gasteiger partial charge in [0.05, 0.1) is 26.7 Å². The molecule has 0 bridgehead atoms. The van der Waals surface area contributed by atoms with Crippen LogP contribution in [0.1, 0.15) is 15.9 Å². The zero-order chi connectivity index (χ0) is 18.8. The van der Waals surface area contributed by atoms with Crippen molar-refractivity contribution < 1.29 is 9.32 Å². The third kappa shape index (κ3) is 3.57. The van der Waals surface area contributed by atoms with Gasteiger partial charge in [0.25, 0.3) is 11.8 Å². The highest BCUT2D eigenvalue weighted by Crippen LogP contribution is 2.35. The van der Waals surface area contributed by atoms with E-state index in [2.05, 4.69) is 25.4 Å². The molecular formula is C18H12ClN5O2S. The first-order chi connectivity index (χ1) is 13.1. The van der Waals surface area contributed by atoms with Crippen LogP contribution >= 0.6 is 22.9 Å². The van der Waals surface area contributed by atoms with E-state index in [0.717, 1.165) is 10.4 Å². The van der Waals surface area contributed by atoms with Gasteiger partial charge in [0.15, 0.2) is 0 Å². The largest absolute Gasteiger partial charge is 0.333 e. The van der Waals surface area contributed by atoms with E-state index in [-0.39, 0.29) is 5.91 Å². The second-order valence-electron chi connectivity index (χ2n) is 5.57. The predicted molar refractivity (Wildman–Crippen MR) is 103 cm³/mol. The lowest BCUT2D eigenvalue weighted by Crippen LogP contribution is -2.11. The highest BCUT2D eigenvalue weighted by atomic mass is 35.5. The van der Waals surface area contributed by atoms with Gasteiger partial charge < -0.3 is 9.84 Å². The van der Waals surface area contributed by atoms with Gasteiger partial charge in [-0.2, -0.15) is 4.98 Å². The number of nitrogens with one attached hydrogen (secondary N) is 1. The normalized spacial score (nSPS) is 10.7. The van der Waals surface area contributed by atoms with Crippen molar-refractivity contribution in [3.8, 4) is 22.3 Å². The van der Waals surface area contributed by atoms with Gasteiger partial charge in [0.1, 0.15) is 5.69 Å². The van der Waals surface area contributed by atoms with Crippen LogP contribution in [-0.4, -0.2) is 26.0 Å². The molecule has 4 aromatic rings. The summed E-state index contributed by atoms with van der Waals surface area (Å²) in [6, 6.07) is 8.73. The second kappa shape index (κ2) is 7.26. The molecule has 0 fully saturated rings. The van der Waals surface area contributed by atoms with E-state index in [9.17, 15) is 4.79 Å². The van der Waals surface area contributed by atoms with E-state index < -0.39 is 0 Å². The summed E-state index contributed by atoms with van der Waals surface area (Å²) in [6.07, 6.45) is 4.69. The topological polar surface area (TPSA) is 93.8 Å². The van der Waals surface area contributed by atoms with Crippen molar-refractivity contribution >= 4 is 33.8 Å². The van der Waals surface area contributed by atoms with E-state index >= 15 is 0 Å². The predicted octanol–water partition coefficient (Wildman–Crippen LogP) is 4.47. The average molecular weight is 398 g/mol. The number of benzene rings is 1. The van der Waals surface area contributed by atoms with Crippen LogP contribution in [0.5, 0.6) is 0 Å². The summed E-state index contributed by atoms with van der Waals surface area (Å²) >= 11 is 7.42. The molecular weight excluding hydrogens is 386 g/mol. The fourth-order valence-corrected chi connectivity index (χ4v) is 3.63. The van der Waals surface area contributed by atoms with Gasteiger partial charge in [-0.1, -0.05) is 28.9 Å². The standard InChI is InChI=1S/C18H12ClN5O2S/c1-10-8-14(22-17(25)11-4-2-3-5-12(11)19)27-15(10)18-23-16(24-26-18)13-9-20-6-7-21-13/h2-9H,1H3,(H,22,25). The van der Waals surface area contributed by atoms with E-state index in [0.29, 0.717) is 33.0 Å². The summed E-state index contributed by atoms with van der Waals surface area (Å²) < 4.78 is 5.36. The van der Waals surface area contributed by atoms with E-state index in [1.54, 1.807) is 42.9 Å². The summed E-state index contributed by atoms with van der Waals surface area (Å²) in [4.78, 5) is 25.7. The highest BCUT2D eigenvalue weighted by molar-refractivity contribution is 7.19. The Balaban J connectivity index is 1.58. The molecule has 9 heteroatoms. The molecule has 134 valence electrons. The summed E-state index contributed by atoms with van der Waals surface area (Å²) in [5.74, 6) is 0.433. The maximum absolute atomic E-state index is 12.4. The van der Waals surface area contributed by atoms with Crippen molar-refractivity contribution in [3.63, 3.8) is 0 Å². The minimum absolute atomic E-state index is 0.279. The van der Waals surface area contributed by atoms with E-state index in [4.69, 9.17) is 16.1 Å². The summed E-state index contributed by atoms with van der Waals surface area (Å²) in [6.45, 7) is 1.91. The van der Waals surface area contributed by atoms with Gasteiger partial charge in [-0.05, 0) is 30.7 Å². The Morgan fingerprint density at radius 2 is 2.11 bits per heavy atom. The SMILES string of the molecule is Cc1cc(NC(=O)c2ccccc2Cl)sc1-c1nc(-c2cnccn2)no1. The molecule has 1 amide bonds. The molecule has 0 radical (unpaired) electrons. The highest BCUT2D eigenvalue weighted by Gasteiger charge is 2.18. The number of aryl methyl sites for hydroxylation is 1. The second-order valence-corrected chi connectivity index (χ2v) is 7.03. The third-order valence-corrected chi connectivity index (χ3v) is 5.16. The number of anilines is 1. The molecule has 27 heavy (non-hydrogen) atoms. The minimum Gasteiger partial charge on any atom is -0.333 e. The molecule has 1 aromatic carbocycles. The summed E-state index contributed by atoms with van der Waals surface area (Å²) in [5.41, 5.74) is 1.84. The van der Waals surface area contributed by atoms with Gasteiger partial charge in [-0.25, -0.2) is 4.98 Å². The number of hydrogen-bond donors (Lipinski definition) is 1. The van der Waals surface area contributed by atoms with Gasteiger partial charge in [0, 0.05) is 12.4 Å². The van der Waals surface area contributed by atoms with Crippen LogP contribution in [0.25, 0.3) is 22.3 Å². The number of carbonyl (C=O) groups excluding carboxylic acids is 1. The molecule has 0 aliphatic rings. The van der Waals surface area contributed by atoms with Crippen molar-refractivity contribution in [2.24, 2.45) is 0 Å². The van der Waals surface area contributed by atoms with Crippen molar-refractivity contribution in [2.45, 2.75) is 6.92 Å². The summed E-state index contributed by atoms with van der Waals surface area (Å²) in [7, 11) is 0. The Labute approximate surface area is 163 Å². The summed E-state index contributed by atoms with van der Waals surface area (Å²) in [5, 5.41) is 7.85. The Morgan fingerprint density at radius 3 is 2.89 bits per heavy atom. The molecule has 0 saturated carbocycles. The van der Waals surface area contributed by atoms with Gasteiger partial charge in [0.2, 0.25) is 5.82 Å². The Bertz CT molecular complexity index is 1110. The third-order valence-electron chi connectivity index (χ3n) is 3.69. The first-order valence-corrected chi connectivity index (χ1v) is 9.08. The lowest BCUT2D eigenvalue weighted by Gasteiger charge is -2.03. The number of thiophene rings is 1. The van der Waals surface area contributed by atoms with Crippen LogP contribution in [0.2, 0.25) is 5.02 Å². The van der Waals surface area contributed by atoms with Gasteiger partial charge >= 0.3 is 0 Å². The number of nitrogens with zero attached hydrogens (tertiary/aromatic N) is 4. The molecule has 0 saturated heterocycles. The number of halogens is 1.